The van der Waals surface area contributed by atoms with E-state index in [9.17, 15) is 4.79 Å². The van der Waals surface area contributed by atoms with Gasteiger partial charge < -0.3 is 9.64 Å². The molecule has 1 aliphatic heterocycles. The SMILES string of the molecule is C[C@@H]1CN(C(=O)c2cn[nH]c2C2CCCCC2)C[C@H](C)O1. The quantitative estimate of drug-likeness (QED) is 0.911. The molecule has 1 amide bonds. The summed E-state index contributed by atoms with van der Waals surface area (Å²) in [5.74, 6) is 0.572. The summed E-state index contributed by atoms with van der Waals surface area (Å²) in [6.45, 7) is 5.37. The predicted octanol–water partition coefficient (Wildman–Crippen LogP) is 2.71. The van der Waals surface area contributed by atoms with E-state index >= 15 is 0 Å². The summed E-state index contributed by atoms with van der Waals surface area (Å²) in [6.07, 6.45) is 8.05. The molecule has 2 heterocycles. The van der Waals surface area contributed by atoms with Gasteiger partial charge in [-0.25, -0.2) is 0 Å². The van der Waals surface area contributed by atoms with Crippen molar-refractivity contribution in [1.82, 2.24) is 15.1 Å². The number of aromatic nitrogens is 2. The standard InChI is InChI=1S/C16H25N3O2/c1-11-9-19(10-12(2)21-11)16(20)14-8-17-18-15(14)13-6-4-3-5-7-13/h8,11-13H,3-7,9-10H2,1-2H3,(H,17,18)/t11-,12+. The van der Waals surface area contributed by atoms with Crippen molar-refractivity contribution in [3.8, 4) is 0 Å². The van der Waals surface area contributed by atoms with Crippen LogP contribution in [0.5, 0.6) is 0 Å². The molecule has 2 fully saturated rings. The fraction of sp³-hybridized carbons (Fsp3) is 0.750. The van der Waals surface area contributed by atoms with Crippen LogP contribution in [-0.4, -0.2) is 46.3 Å². The maximum Gasteiger partial charge on any atom is 0.257 e. The first-order valence-electron chi connectivity index (χ1n) is 8.13. The van der Waals surface area contributed by atoms with Crippen LogP contribution in [0.1, 0.15) is 67.9 Å². The van der Waals surface area contributed by atoms with Gasteiger partial charge in [0.1, 0.15) is 0 Å². The molecule has 0 aromatic carbocycles. The van der Waals surface area contributed by atoms with Gasteiger partial charge in [-0.3, -0.25) is 9.89 Å². The van der Waals surface area contributed by atoms with Crippen LogP contribution in [0.15, 0.2) is 6.20 Å². The van der Waals surface area contributed by atoms with Crippen molar-refractivity contribution in [3.05, 3.63) is 17.5 Å². The zero-order valence-corrected chi connectivity index (χ0v) is 13.0. The summed E-state index contributed by atoms with van der Waals surface area (Å²) in [7, 11) is 0. The van der Waals surface area contributed by atoms with Crippen molar-refractivity contribution in [3.63, 3.8) is 0 Å². The highest BCUT2D eigenvalue weighted by Gasteiger charge is 2.30. The van der Waals surface area contributed by atoms with E-state index in [2.05, 4.69) is 10.2 Å². The van der Waals surface area contributed by atoms with Crippen molar-refractivity contribution in [2.45, 2.75) is 64.1 Å². The molecule has 5 nitrogen and oxygen atoms in total. The highest BCUT2D eigenvalue weighted by molar-refractivity contribution is 5.95. The molecule has 21 heavy (non-hydrogen) atoms. The first-order chi connectivity index (χ1) is 10.1. The minimum Gasteiger partial charge on any atom is -0.372 e. The fourth-order valence-electron chi connectivity index (χ4n) is 3.68. The summed E-state index contributed by atoms with van der Waals surface area (Å²) in [5.41, 5.74) is 1.81. The Balaban J connectivity index is 1.77. The van der Waals surface area contributed by atoms with Crippen LogP contribution in [-0.2, 0) is 4.74 Å². The molecule has 0 spiro atoms. The van der Waals surface area contributed by atoms with Crippen molar-refractivity contribution in [2.24, 2.45) is 0 Å². The van der Waals surface area contributed by atoms with E-state index in [4.69, 9.17) is 4.74 Å². The monoisotopic (exact) mass is 291 g/mol. The minimum absolute atomic E-state index is 0.0998. The molecule has 2 atom stereocenters. The molecular formula is C16H25N3O2. The summed E-state index contributed by atoms with van der Waals surface area (Å²) < 4.78 is 5.71. The van der Waals surface area contributed by atoms with Crippen LogP contribution in [0.4, 0.5) is 0 Å². The van der Waals surface area contributed by atoms with Crippen LogP contribution >= 0.6 is 0 Å². The van der Waals surface area contributed by atoms with E-state index in [-0.39, 0.29) is 18.1 Å². The third kappa shape index (κ3) is 3.12. The second kappa shape index (κ2) is 6.18. The Hall–Kier alpha value is -1.36. The molecule has 116 valence electrons. The number of ether oxygens (including phenoxy) is 1. The molecule has 0 unspecified atom stereocenters. The second-order valence-corrected chi connectivity index (χ2v) is 6.50. The zero-order chi connectivity index (χ0) is 14.8. The number of carbonyl (C=O) groups is 1. The Labute approximate surface area is 126 Å². The molecule has 0 radical (unpaired) electrons. The van der Waals surface area contributed by atoms with Gasteiger partial charge in [-0.1, -0.05) is 19.3 Å². The Kier molecular flexibility index (Phi) is 4.29. The molecule has 1 aromatic rings. The van der Waals surface area contributed by atoms with Gasteiger partial charge in [0.05, 0.1) is 29.7 Å². The minimum atomic E-state index is 0.0998. The lowest BCUT2D eigenvalue weighted by Gasteiger charge is -2.35. The molecule has 1 N–H and O–H groups in total. The lowest BCUT2D eigenvalue weighted by Crippen LogP contribution is -2.48. The van der Waals surface area contributed by atoms with Crippen molar-refractivity contribution < 1.29 is 9.53 Å². The number of nitrogens with zero attached hydrogens (tertiary/aromatic N) is 2. The summed E-state index contributed by atoms with van der Waals surface area (Å²) >= 11 is 0. The third-order valence-electron chi connectivity index (χ3n) is 4.62. The maximum absolute atomic E-state index is 12.8. The topological polar surface area (TPSA) is 58.2 Å². The Morgan fingerprint density at radius 3 is 2.57 bits per heavy atom. The van der Waals surface area contributed by atoms with E-state index in [0.717, 1.165) is 11.3 Å². The van der Waals surface area contributed by atoms with E-state index in [1.807, 2.05) is 18.7 Å². The molecule has 1 saturated heterocycles. The number of H-pyrrole nitrogens is 1. The molecule has 1 aromatic heterocycles. The molecule has 5 heteroatoms. The second-order valence-electron chi connectivity index (χ2n) is 6.50. The lowest BCUT2D eigenvalue weighted by atomic mass is 9.85. The Morgan fingerprint density at radius 1 is 1.24 bits per heavy atom. The Bertz CT molecular complexity index is 483. The highest BCUT2D eigenvalue weighted by atomic mass is 16.5. The average Bonchev–Trinajstić information content (AvgIpc) is 2.95. The molecule has 0 bridgehead atoms. The van der Waals surface area contributed by atoms with Gasteiger partial charge in [0.25, 0.3) is 5.91 Å². The summed E-state index contributed by atoms with van der Waals surface area (Å²) in [6, 6.07) is 0. The molecule has 1 aliphatic carbocycles. The van der Waals surface area contributed by atoms with E-state index in [1.165, 1.54) is 32.1 Å². The van der Waals surface area contributed by atoms with Gasteiger partial charge in [0, 0.05) is 19.0 Å². The zero-order valence-electron chi connectivity index (χ0n) is 13.0. The number of amides is 1. The molecule has 1 saturated carbocycles. The van der Waals surface area contributed by atoms with Crippen LogP contribution in [0.25, 0.3) is 0 Å². The third-order valence-corrected chi connectivity index (χ3v) is 4.62. The van der Waals surface area contributed by atoms with E-state index < -0.39 is 0 Å². The Morgan fingerprint density at radius 2 is 1.90 bits per heavy atom. The normalized spacial score (nSPS) is 27.8. The number of hydrogen-bond acceptors (Lipinski definition) is 3. The largest absolute Gasteiger partial charge is 0.372 e. The van der Waals surface area contributed by atoms with Gasteiger partial charge in [-0.2, -0.15) is 5.10 Å². The predicted molar refractivity (Wildman–Crippen MR) is 80.3 cm³/mol. The van der Waals surface area contributed by atoms with Gasteiger partial charge in [0.15, 0.2) is 0 Å². The van der Waals surface area contributed by atoms with Crippen molar-refractivity contribution >= 4 is 5.91 Å². The van der Waals surface area contributed by atoms with Gasteiger partial charge in [-0.15, -0.1) is 0 Å². The summed E-state index contributed by atoms with van der Waals surface area (Å²) in [5, 5.41) is 7.24. The summed E-state index contributed by atoms with van der Waals surface area (Å²) in [4.78, 5) is 14.7. The van der Waals surface area contributed by atoms with Crippen molar-refractivity contribution in [2.75, 3.05) is 13.1 Å². The maximum atomic E-state index is 12.8. The molecular weight excluding hydrogens is 266 g/mol. The molecule has 3 rings (SSSR count). The highest BCUT2D eigenvalue weighted by Crippen LogP contribution is 2.33. The smallest absolute Gasteiger partial charge is 0.257 e. The number of carbonyl (C=O) groups excluding carboxylic acids is 1. The molecule has 2 aliphatic rings. The van der Waals surface area contributed by atoms with Crippen LogP contribution < -0.4 is 0 Å². The number of aromatic amines is 1. The van der Waals surface area contributed by atoms with Crippen LogP contribution in [0.3, 0.4) is 0 Å². The van der Waals surface area contributed by atoms with Gasteiger partial charge >= 0.3 is 0 Å². The van der Waals surface area contributed by atoms with Gasteiger partial charge in [0.2, 0.25) is 0 Å². The van der Waals surface area contributed by atoms with Crippen molar-refractivity contribution in [1.29, 1.82) is 0 Å². The van der Waals surface area contributed by atoms with Crippen LogP contribution in [0.2, 0.25) is 0 Å². The van der Waals surface area contributed by atoms with E-state index in [0.29, 0.717) is 19.0 Å². The van der Waals surface area contributed by atoms with Gasteiger partial charge in [-0.05, 0) is 26.7 Å². The number of nitrogens with one attached hydrogen (secondary N) is 1. The van der Waals surface area contributed by atoms with Crippen LogP contribution in [0, 0.1) is 0 Å². The van der Waals surface area contributed by atoms with E-state index in [1.54, 1.807) is 6.20 Å². The number of hydrogen-bond donors (Lipinski definition) is 1. The fourth-order valence-corrected chi connectivity index (χ4v) is 3.68. The average molecular weight is 291 g/mol. The number of rotatable bonds is 2. The number of morpholine rings is 1. The first kappa shape index (κ1) is 14.6. The first-order valence-corrected chi connectivity index (χ1v) is 8.13. The lowest BCUT2D eigenvalue weighted by molar-refractivity contribution is -0.0586.